The molecule has 274 valence electrons. The summed E-state index contributed by atoms with van der Waals surface area (Å²) in [5, 5.41) is 32.6. The van der Waals surface area contributed by atoms with Gasteiger partial charge in [0.2, 0.25) is 23.6 Å². The van der Waals surface area contributed by atoms with Crippen LogP contribution in [-0.2, 0) is 38.7 Å². The number of rotatable bonds is 5. The number of aromatic nitrogens is 3. The Bertz CT molecular complexity index is 1670. The third-order valence-electron chi connectivity index (χ3n) is 7.98. The quantitative estimate of drug-likeness (QED) is 0.224. The Morgan fingerprint density at radius 1 is 0.941 bits per heavy atom. The molecule has 16 heteroatoms. The van der Waals surface area contributed by atoms with Gasteiger partial charge in [0.25, 0.3) is 5.91 Å². The van der Waals surface area contributed by atoms with Crippen LogP contribution in [0.1, 0.15) is 61.6 Å². The number of nitrogens with zero attached hydrogens (tertiary/aromatic N) is 3. The van der Waals surface area contributed by atoms with Gasteiger partial charge in [-0.05, 0) is 43.0 Å². The van der Waals surface area contributed by atoms with Crippen LogP contribution >= 0.6 is 11.6 Å². The van der Waals surface area contributed by atoms with E-state index in [9.17, 15) is 29.1 Å². The number of hydrogen-bond donors (Lipinski definition) is 6. The van der Waals surface area contributed by atoms with E-state index in [2.05, 4.69) is 36.9 Å². The van der Waals surface area contributed by atoms with Crippen LogP contribution in [0.3, 0.4) is 0 Å². The van der Waals surface area contributed by atoms with Crippen molar-refractivity contribution in [2.24, 2.45) is 5.92 Å². The lowest BCUT2D eigenvalue weighted by molar-refractivity contribution is -0.136. The van der Waals surface area contributed by atoms with E-state index in [0.717, 1.165) is 5.56 Å². The third kappa shape index (κ3) is 12.1. The lowest BCUT2D eigenvalue weighted by atomic mass is 10.0. The first kappa shape index (κ1) is 38.8. The highest BCUT2D eigenvalue weighted by Gasteiger charge is 2.33. The van der Waals surface area contributed by atoms with Gasteiger partial charge in [0, 0.05) is 37.4 Å². The van der Waals surface area contributed by atoms with Gasteiger partial charge in [0.05, 0.1) is 31.0 Å². The zero-order valence-electron chi connectivity index (χ0n) is 28.9. The first-order valence-corrected chi connectivity index (χ1v) is 17.3. The normalized spacial score (nSPS) is 21.0. The van der Waals surface area contributed by atoms with Gasteiger partial charge in [0.15, 0.2) is 0 Å². The smallest absolute Gasteiger partial charge is 0.255 e. The van der Waals surface area contributed by atoms with Gasteiger partial charge in [-0.15, -0.1) is 5.10 Å². The number of carbonyl (C=O) groups excluding carboxylic acids is 5. The van der Waals surface area contributed by atoms with Crippen molar-refractivity contribution >= 4 is 41.1 Å². The number of ether oxygens (including phenoxy) is 1. The second-order valence-electron chi connectivity index (χ2n) is 12.8. The number of halogens is 1. The Morgan fingerprint density at radius 3 is 2.43 bits per heavy atom. The van der Waals surface area contributed by atoms with Gasteiger partial charge in [-0.3, -0.25) is 28.7 Å². The zero-order chi connectivity index (χ0) is 36.9. The van der Waals surface area contributed by atoms with Gasteiger partial charge >= 0.3 is 0 Å². The van der Waals surface area contributed by atoms with E-state index < -0.39 is 53.8 Å². The fourth-order valence-electron chi connectivity index (χ4n) is 5.38. The van der Waals surface area contributed by atoms with Crippen molar-refractivity contribution in [3.8, 4) is 5.75 Å². The van der Waals surface area contributed by atoms with Crippen LogP contribution in [0.2, 0.25) is 5.02 Å². The summed E-state index contributed by atoms with van der Waals surface area (Å²) in [6.07, 6.45) is 1.04. The molecule has 1 aliphatic rings. The molecule has 0 saturated heterocycles. The number of aryl methyl sites for hydroxylation is 1. The van der Waals surface area contributed by atoms with E-state index in [1.54, 1.807) is 16.9 Å². The minimum Gasteiger partial charge on any atom is -0.493 e. The number of amides is 5. The van der Waals surface area contributed by atoms with Gasteiger partial charge in [-0.2, -0.15) is 0 Å². The summed E-state index contributed by atoms with van der Waals surface area (Å²) >= 11 is 6.18. The molecule has 6 N–H and O–H groups in total. The molecule has 1 aromatic heterocycles. The summed E-state index contributed by atoms with van der Waals surface area (Å²) in [6, 6.07) is 10.1. The fourth-order valence-corrected chi connectivity index (χ4v) is 5.54. The fraction of sp³-hybridized carbons (Fsp3) is 0.457. The maximum atomic E-state index is 13.6. The van der Waals surface area contributed by atoms with Gasteiger partial charge < -0.3 is 36.4 Å². The number of aliphatic hydroxyl groups excluding tert-OH is 1. The first-order valence-electron chi connectivity index (χ1n) is 16.9. The molecule has 0 unspecified atom stereocenters. The van der Waals surface area contributed by atoms with Crippen molar-refractivity contribution in [2.45, 2.75) is 83.8 Å². The standard InChI is InChI=1S/C35H45ClN8O7/c1-21(2)16-27-34(49)41-31(22(3)45)35(50)40-28(17-23-8-5-4-6-9-23)33(48)38-19-25-20-44(43-42-25)14-7-15-51-29-18-24(36)10-11-26(29)32(47)37-13-12-30(46)39-27/h4-6,8-11,18,20-22,27-28,31,45H,7,12-17,19H2,1-3H3,(H,37,47)(H,38,48)(H,39,46)(H,40,50)(H,41,49)/t22-,27-,28+,31+/m1/s1. The second kappa shape index (κ2) is 18.8. The molecule has 0 fully saturated rings. The molecule has 4 rings (SSSR count). The Morgan fingerprint density at radius 2 is 1.71 bits per heavy atom. The second-order valence-corrected chi connectivity index (χ2v) is 13.2. The molecule has 4 atom stereocenters. The van der Waals surface area contributed by atoms with Crippen molar-refractivity contribution in [2.75, 3.05) is 13.2 Å². The van der Waals surface area contributed by atoms with E-state index >= 15 is 0 Å². The largest absolute Gasteiger partial charge is 0.493 e. The topological polar surface area (TPSA) is 206 Å². The average Bonchev–Trinajstić information content (AvgIpc) is 3.54. The molecule has 0 aliphatic carbocycles. The van der Waals surface area contributed by atoms with Crippen molar-refractivity contribution < 1.29 is 33.8 Å². The summed E-state index contributed by atoms with van der Waals surface area (Å²) in [4.78, 5) is 66.6. The van der Waals surface area contributed by atoms with Crippen LogP contribution in [0.15, 0.2) is 54.7 Å². The predicted molar refractivity (Wildman–Crippen MR) is 187 cm³/mol. The Hall–Kier alpha value is -5.02. The first-order chi connectivity index (χ1) is 24.4. The van der Waals surface area contributed by atoms with Crippen LogP contribution in [-0.4, -0.2) is 87.0 Å². The molecular formula is C35H45ClN8O7. The average molecular weight is 725 g/mol. The molecule has 5 amide bonds. The summed E-state index contributed by atoms with van der Waals surface area (Å²) in [7, 11) is 0. The molecule has 2 heterocycles. The van der Waals surface area contributed by atoms with Crippen LogP contribution < -0.4 is 31.3 Å². The molecule has 3 aromatic rings. The Labute approximate surface area is 301 Å². The number of nitrogens with one attached hydrogen (secondary N) is 5. The Kier molecular flexibility index (Phi) is 14.3. The predicted octanol–water partition coefficient (Wildman–Crippen LogP) is 1.27. The van der Waals surface area contributed by atoms with E-state index in [-0.39, 0.29) is 56.2 Å². The molecule has 0 spiro atoms. The molecule has 0 saturated carbocycles. The molecule has 51 heavy (non-hydrogen) atoms. The van der Waals surface area contributed by atoms with Crippen LogP contribution in [0, 0.1) is 5.92 Å². The third-order valence-corrected chi connectivity index (χ3v) is 8.22. The van der Waals surface area contributed by atoms with Crippen LogP contribution in [0.5, 0.6) is 5.75 Å². The number of aliphatic hydroxyl groups is 1. The number of carbonyl (C=O) groups is 5. The van der Waals surface area contributed by atoms with E-state index in [1.165, 1.54) is 19.1 Å². The summed E-state index contributed by atoms with van der Waals surface area (Å²) in [6.45, 7) is 5.70. The maximum Gasteiger partial charge on any atom is 0.255 e. The molecule has 0 radical (unpaired) electrons. The summed E-state index contributed by atoms with van der Waals surface area (Å²) < 4.78 is 7.48. The highest BCUT2D eigenvalue weighted by molar-refractivity contribution is 6.30. The number of hydrogen-bond acceptors (Lipinski definition) is 9. The summed E-state index contributed by atoms with van der Waals surface area (Å²) in [5.74, 6) is -2.73. The Balaban J connectivity index is 1.58. The SMILES string of the molecule is CC(C)C[C@H]1NC(=O)CCNC(=O)c2ccc(Cl)cc2OCCCn2cc(nn2)CNC(=O)[C@H](Cc2ccccc2)NC(=O)[C@H]([C@@H](C)O)NC1=O. The summed E-state index contributed by atoms with van der Waals surface area (Å²) in [5.41, 5.74) is 1.48. The van der Waals surface area contributed by atoms with Crippen LogP contribution in [0.4, 0.5) is 0 Å². The molecule has 1 aliphatic heterocycles. The molecule has 2 aromatic carbocycles. The minimum absolute atomic E-state index is 0.0185. The lowest BCUT2D eigenvalue weighted by Gasteiger charge is -2.27. The van der Waals surface area contributed by atoms with Gasteiger partial charge in [0.1, 0.15) is 29.6 Å². The molecular weight excluding hydrogens is 680 g/mol. The monoisotopic (exact) mass is 724 g/mol. The van der Waals surface area contributed by atoms with Crippen molar-refractivity contribution in [3.63, 3.8) is 0 Å². The van der Waals surface area contributed by atoms with E-state index in [4.69, 9.17) is 16.3 Å². The van der Waals surface area contributed by atoms with Crippen LogP contribution in [0.25, 0.3) is 0 Å². The van der Waals surface area contributed by atoms with E-state index in [1.807, 2.05) is 44.2 Å². The minimum atomic E-state index is -1.44. The maximum absolute atomic E-state index is 13.6. The van der Waals surface area contributed by atoms with Crippen molar-refractivity contribution in [1.82, 2.24) is 41.6 Å². The zero-order valence-corrected chi connectivity index (χ0v) is 29.6. The van der Waals surface area contributed by atoms with Crippen molar-refractivity contribution in [1.29, 1.82) is 0 Å². The molecule has 2 bridgehead atoms. The van der Waals surface area contributed by atoms with E-state index in [0.29, 0.717) is 23.7 Å². The number of fused-ring (bicyclic) bond motifs is 3. The highest BCUT2D eigenvalue weighted by Crippen LogP contribution is 2.24. The van der Waals surface area contributed by atoms with Gasteiger partial charge in [-0.1, -0.05) is 61.0 Å². The molecule has 15 nitrogen and oxygen atoms in total. The highest BCUT2D eigenvalue weighted by atomic mass is 35.5. The number of benzene rings is 2. The lowest BCUT2D eigenvalue weighted by Crippen LogP contribution is -2.60. The van der Waals surface area contributed by atoms with Gasteiger partial charge in [-0.25, -0.2) is 0 Å². The van der Waals surface area contributed by atoms with Crippen molar-refractivity contribution in [3.05, 3.63) is 76.6 Å².